The van der Waals surface area contributed by atoms with Gasteiger partial charge < -0.3 is 62.2 Å². The SMILES string of the molecule is C=C(C)C(=O)OCCNC(=O)OCCCCCC(=O)OCCCCCC(=O)OCCCCCC(=O)OCCCCCC(=O)OCCCCCC(=O)OCCCCCC(=O)OCCCCCC(=O)OCCCCCC(=O)OCCCCCC(=O)OCCCCCC(=O)OC. The Morgan fingerprint density at radius 3 is 0.602 bits per heavy atom. The Morgan fingerprint density at radius 2 is 0.419 bits per heavy atom. The molecule has 534 valence electrons. The van der Waals surface area contributed by atoms with E-state index in [2.05, 4.69) is 16.6 Å². The minimum atomic E-state index is -0.612. The normalized spacial score (nSPS) is 10.7. The van der Waals surface area contributed by atoms with E-state index in [1.807, 2.05) is 0 Å². The number of hydrogen-bond acceptors (Lipinski definition) is 24. The van der Waals surface area contributed by atoms with Gasteiger partial charge in [0.1, 0.15) is 6.61 Å². The van der Waals surface area contributed by atoms with Crippen molar-refractivity contribution in [3.63, 3.8) is 0 Å². The van der Waals surface area contributed by atoms with Crippen molar-refractivity contribution in [3.05, 3.63) is 12.2 Å². The van der Waals surface area contributed by atoms with Gasteiger partial charge in [0.15, 0.2) is 0 Å². The molecule has 25 heteroatoms. The summed E-state index contributed by atoms with van der Waals surface area (Å²) in [5.74, 6) is -3.31. The molecule has 0 aliphatic heterocycles. The van der Waals surface area contributed by atoms with E-state index in [4.69, 9.17) is 52.1 Å². The maximum atomic E-state index is 12.1. The van der Waals surface area contributed by atoms with E-state index < -0.39 is 12.1 Å². The van der Waals surface area contributed by atoms with Crippen molar-refractivity contribution in [2.45, 2.75) is 264 Å². The van der Waals surface area contributed by atoms with Crippen LogP contribution in [0.4, 0.5) is 4.79 Å². The molecule has 0 aromatic rings. The molecule has 0 aliphatic rings. The summed E-state index contributed by atoms with van der Waals surface area (Å²) >= 11 is 0. The first-order valence-electron chi connectivity index (χ1n) is 34.2. The Morgan fingerprint density at radius 1 is 0.237 bits per heavy atom. The predicted molar refractivity (Wildman–Crippen MR) is 340 cm³/mol. The van der Waals surface area contributed by atoms with Crippen molar-refractivity contribution in [3.8, 4) is 0 Å². The third-order valence-corrected chi connectivity index (χ3v) is 14.0. The zero-order valence-electron chi connectivity index (χ0n) is 56.3. The van der Waals surface area contributed by atoms with Crippen LogP contribution < -0.4 is 5.32 Å². The van der Waals surface area contributed by atoms with Gasteiger partial charge in [-0.2, -0.15) is 0 Å². The van der Waals surface area contributed by atoms with Crippen LogP contribution in [0.25, 0.3) is 0 Å². The Balaban J connectivity index is 3.52. The van der Waals surface area contributed by atoms with Crippen LogP contribution in [0.2, 0.25) is 0 Å². The van der Waals surface area contributed by atoms with Gasteiger partial charge in [0.25, 0.3) is 0 Å². The molecule has 0 spiro atoms. The second-order valence-corrected chi connectivity index (χ2v) is 22.6. The van der Waals surface area contributed by atoms with Gasteiger partial charge in [-0.15, -0.1) is 0 Å². The van der Waals surface area contributed by atoms with Crippen molar-refractivity contribution in [1.29, 1.82) is 0 Å². The van der Waals surface area contributed by atoms with Gasteiger partial charge >= 0.3 is 71.8 Å². The van der Waals surface area contributed by atoms with Crippen LogP contribution in [0.1, 0.15) is 264 Å². The summed E-state index contributed by atoms with van der Waals surface area (Å²) in [4.78, 5) is 142. The number of ether oxygens (including phenoxy) is 12. The molecule has 25 nitrogen and oxygen atoms in total. The average molecular weight is 1330 g/mol. The van der Waals surface area contributed by atoms with Crippen LogP contribution in [0.3, 0.4) is 0 Å². The maximum absolute atomic E-state index is 12.1. The summed E-state index contributed by atoms with van der Waals surface area (Å²) in [6.07, 6.45) is 22.2. The van der Waals surface area contributed by atoms with Crippen LogP contribution in [-0.4, -0.2) is 158 Å². The van der Waals surface area contributed by atoms with Crippen molar-refractivity contribution in [2.75, 3.05) is 86.3 Å². The number of rotatable bonds is 64. The molecule has 1 amide bonds. The molecule has 0 heterocycles. The van der Waals surface area contributed by atoms with Crippen LogP contribution in [0.15, 0.2) is 12.2 Å². The number of amides is 1. The molecule has 0 aromatic carbocycles. The maximum Gasteiger partial charge on any atom is 0.407 e. The summed E-state index contributed by atoms with van der Waals surface area (Å²) in [6, 6.07) is 0. The van der Waals surface area contributed by atoms with Crippen molar-refractivity contribution >= 4 is 71.8 Å². The summed E-state index contributed by atoms with van der Waals surface area (Å²) in [7, 11) is 1.36. The number of carbonyl (C=O) groups is 12. The monoisotopic (exact) mass is 1330 g/mol. The molecular weight excluding hydrogens is 1210 g/mol. The lowest BCUT2D eigenvalue weighted by Gasteiger charge is -2.08. The van der Waals surface area contributed by atoms with Crippen LogP contribution in [-0.2, 0) is 110 Å². The second kappa shape index (κ2) is 63.9. The highest BCUT2D eigenvalue weighted by Crippen LogP contribution is 2.13. The van der Waals surface area contributed by atoms with Crippen molar-refractivity contribution in [1.82, 2.24) is 5.32 Å². The lowest BCUT2D eigenvalue weighted by Crippen LogP contribution is -2.29. The van der Waals surface area contributed by atoms with Gasteiger partial charge in [0, 0.05) is 69.8 Å². The molecule has 1 N–H and O–H groups in total. The topological polar surface area (TPSA) is 328 Å². The molecule has 0 radical (unpaired) electrons. The van der Waals surface area contributed by atoms with Gasteiger partial charge in [-0.05, 0) is 200 Å². The summed E-state index contributed by atoms with van der Waals surface area (Å²) in [5.41, 5.74) is 0.275. The largest absolute Gasteiger partial charge is 0.469 e. The van der Waals surface area contributed by atoms with Gasteiger partial charge in [0.05, 0.1) is 79.7 Å². The molecule has 0 aromatic heterocycles. The number of methoxy groups -OCH3 is 1. The third-order valence-electron chi connectivity index (χ3n) is 14.0. The van der Waals surface area contributed by atoms with Crippen molar-refractivity contribution in [2.24, 2.45) is 0 Å². The van der Waals surface area contributed by atoms with Crippen LogP contribution >= 0.6 is 0 Å². The zero-order valence-corrected chi connectivity index (χ0v) is 56.3. The highest BCUT2D eigenvalue weighted by molar-refractivity contribution is 5.87. The van der Waals surface area contributed by atoms with E-state index in [0.29, 0.717) is 199 Å². The first-order chi connectivity index (χ1) is 45.0. The standard InChI is InChI=1S/C68H113NO24/c1-56(2)67(80)92-55-44-69-68(81)93-54-33-13-23-43-66(79)91-53-32-12-22-42-65(78)90-52-31-11-21-41-64(77)89-51-30-10-20-40-63(76)88-50-29-9-19-39-62(75)87-49-28-8-18-38-61(74)86-48-27-7-17-37-60(73)85-47-26-6-16-36-59(72)84-46-25-5-15-35-58(71)83-45-24-4-14-34-57(70)82-3/h1,4-55H2,2-3H3,(H,69,81). The van der Waals surface area contributed by atoms with Gasteiger partial charge in [-0.3, -0.25) is 47.9 Å². The lowest BCUT2D eigenvalue weighted by molar-refractivity contribution is -0.146. The lowest BCUT2D eigenvalue weighted by atomic mass is 10.2. The zero-order chi connectivity index (χ0) is 68.5. The quantitative estimate of drug-likeness (QED) is 0.0256. The highest BCUT2D eigenvalue weighted by Gasteiger charge is 2.13. The average Bonchev–Trinajstić information content (AvgIpc) is 3.54. The predicted octanol–water partition coefficient (Wildman–Crippen LogP) is 11.5. The van der Waals surface area contributed by atoms with Crippen LogP contribution in [0, 0.1) is 0 Å². The minimum Gasteiger partial charge on any atom is -0.469 e. The molecule has 0 rings (SSSR count). The smallest absolute Gasteiger partial charge is 0.407 e. The molecular formula is C68H113NO24. The third kappa shape index (κ3) is 63.7. The molecule has 0 saturated heterocycles. The van der Waals surface area contributed by atoms with E-state index in [1.54, 1.807) is 0 Å². The van der Waals surface area contributed by atoms with E-state index in [0.717, 1.165) is 25.7 Å². The summed E-state index contributed by atoms with van der Waals surface area (Å²) in [5, 5.41) is 2.47. The first-order valence-corrected chi connectivity index (χ1v) is 34.2. The number of alkyl carbamates (subject to hydrolysis) is 1. The second-order valence-electron chi connectivity index (χ2n) is 22.6. The molecule has 0 fully saturated rings. The van der Waals surface area contributed by atoms with E-state index >= 15 is 0 Å². The number of nitrogens with one attached hydrogen (secondary N) is 1. The van der Waals surface area contributed by atoms with E-state index in [9.17, 15) is 57.5 Å². The Hall–Kier alpha value is -6.82. The van der Waals surface area contributed by atoms with Crippen LogP contribution in [0.5, 0.6) is 0 Å². The number of carbonyl (C=O) groups excluding carboxylic acids is 12. The molecule has 0 unspecified atom stereocenters. The molecule has 0 atom stereocenters. The molecule has 93 heavy (non-hydrogen) atoms. The Kier molecular flexibility index (Phi) is 59.2. The number of esters is 11. The molecule has 0 aliphatic carbocycles. The van der Waals surface area contributed by atoms with Gasteiger partial charge in [-0.1, -0.05) is 6.58 Å². The minimum absolute atomic E-state index is 0.0166. The first kappa shape index (κ1) is 86.2. The summed E-state index contributed by atoms with van der Waals surface area (Å²) < 4.78 is 61.9. The van der Waals surface area contributed by atoms with Crippen molar-refractivity contribution < 1.29 is 114 Å². The van der Waals surface area contributed by atoms with E-state index in [1.165, 1.54) is 14.0 Å². The summed E-state index contributed by atoms with van der Waals surface area (Å²) in [6.45, 7) is 7.93. The molecule has 0 bridgehead atoms. The van der Waals surface area contributed by atoms with E-state index in [-0.39, 0.29) is 176 Å². The highest BCUT2D eigenvalue weighted by atomic mass is 16.6. The van der Waals surface area contributed by atoms with Gasteiger partial charge in [-0.25, -0.2) is 9.59 Å². The molecule has 0 saturated carbocycles. The van der Waals surface area contributed by atoms with Gasteiger partial charge in [0.2, 0.25) is 0 Å². The Labute approximate surface area is 551 Å². The Bertz CT molecular complexity index is 2080. The fourth-order valence-electron chi connectivity index (χ4n) is 8.54. The fraction of sp³-hybridized carbons (Fsp3) is 0.794. The fourth-order valence-corrected chi connectivity index (χ4v) is 8.54. The number of hydrogen-bond donors (Lipinski definition) is 1. The number of unbranched alkanes of at least 4 members (excludes halogenated alkanes) is 20.